The molecule has 1 aromatic heterocycles. The average Bonchev–Trinajstić information content (AvgIpc) is 3.02. The molecule has 1 unspecified atom stereocenters. The number of likely N-dealkylation sites (tertiary alicyclic amines) is 1. The Morgan fingerprint density at radius 1 is 1.37 bits per heavy atom. The molecule has 0 radical (unpaired) electrons. The fourth-order valence-corrected chi connectivity index (χ4v) is 3.09. The first-order valence-corrected chi connectivity index (χ1v) is 7.23. The fourth-order valence-electron chi connectivity index (χ4n) is 3.09. The van der Waals surface area contributed by atoms with E-state index in [9.17, 15) is 0 Å². The van der Waals surface area contributed by atoms with Gasteiger partial charge in [-0.15, -0.1) is 0 Å². The Kier molecular flexibility index (Phi) is 3.58. The Labute approximate surface area is 114 Å². The van der Waals surface area contributed by atoms with Crippen molar-refractivity contribution in [3.05, 3.63) is 35.6 Å². The molecule has 2 N–H and O–H groups in total. The molecule has 19 heavy (non-hydrogen) atoms. The third kappa shape index (κ3) is 2.40. The molecule has 1 fully saturated rings. The predicted molar refractivity (Wildman–Crippen MR) is 77.8 cm³/mol. The van der Waals surface area contributed by atoms with E-state index < -0.39 is 0 Å². The van der Waals surface area contributed by atoms with E-state index in [1.165, 1.54) is 36.9 Å². The molecule has 1 aromatic carbocycles. The van der Waals surface area contributed by atoms with Gasteiger partial charge in [0, 0.05) is 24.0 Å². The molecule has 102 valence electrons. The highest BCUT2D eigenvalue weighted by molar-refractivity contribution is 5.82. The topological polar surface area (TPSA) is 42.4 Å². The number of furan rings is 1. The minimum Gasteiger partial charge on any atom is -0.459 e. The van der Waals surface area contributed by atoms with E-state index in [1.54, 1.807) is 0 Å². The molecule has 0 bridgehead atoms. The van der Waals surface area contributed by atoms with Crippen molar-refractivity contribution in [3.8, 4) is 0 Å². The second-order valence-electron chi connectivity index (χ2n) is 5.50. The summed E-state index contributed by atoms with van der Waals surface area (Å²) in [5, 5.41) is 1.17. The molecular weight excluding hydrogens is 236 g/mol. The van der Waals surface area contributed by atoms with Gasteiger partial charge in [0.05, 0.1) is 6.54 Å². The Morgan fingerprint density at radius 2 is 2.21 bits per heavy atom. The van der Waals surface area contributed by atoms with E-state index in [0.29, 0.717) is 6.54 Å². The van der Waals surface area contributed by atoms with Crippen LogP contribution in [-0.4, -0.2) is 18.0 Å². The summed E-state index contributed by atoms with van der Waals surface area (Å²) in [4.78, 5) is 2.49. The monoisotopic (exact) mass is 258 g/mol. The van der Waals surface area contributed by atoms with Crippen LogP contribution in [0.1, 0.15) is 31.1 Å². The summed E-state index contributed by atoms with van der Waals surface area (Å²) in [7, 11) is 0. The Morgan fingerprint density at radius 3 is 2.95 bits per heavy atom. The molecule has 3 nitrogen and oxygen atoms in total. The van der Waals surface area contributed by atoms with Crippen molar-refractivity contribution >= 4 is 11.0 Å². The molecule has 1 aliphatic rings. The molecule has 1 saturated heterocycles. The standard InChI is InChI=1S/C16H22N2O/c1-2-12-7-8-18(10-12)11-16-14(9-17)13-5-3-4-6-15(13)19-16/h3-6,12H,2,7-11,17H2,1H3. The number of hydrogen-bond donors (Lipinski definition) is 1. The maximum atomic E-state index is 6.00. The lowest BCUT2D eigenvalue weighted by Crippen LogP contribution is -2.20. The van der Waals surface area contributed by atoms with Gasteiger partial charge in [-0.05, 0) is 24.9 Å². The van der Waals surface area contributed by atoms with Crippen LogP contribution >= 0.6 is 0 Å². The highest BCUT2D eigenvalue weighted by atomic mass is 16.3. The first-order valence-electron chi connectivity index (χ1n) is 7.23. The van der Waals surface area contributed by atoms with E-state index >= 15 is 0 Å². The van der Waals surface area contributed by atoms with Crippen molar-refractivity contribution in [2.24, 2.45) is 11.7 Å². The summed E-state index contributed by atoms with van der Waals surface area (Å²) >= 11 is 0. The van der Waals surface area contributed by atoms with E-state index in [0.717, 1.165) is 23.8 Å². The summed E-state index contributed by atoms with van der Waals surface area (Å²) in [5.74, 6) is 1.91. The van der Waals surface area contributed by atoms with Crippen molar-refractivity contribution in [1.29, 1.82) is 0 Å². The van der Waals surface area contributed by atoms with Crippen LogP contribution < -0.4 is 5.73 Å². The quantitative estimate of drug-likeness (QED) is 0.916. The Bertz CT molecular complexity index is 561. The highest BCUT2D eigenvalue weighted by Gasteiger charge is 2.23. The van der Waals surface area contributed by atoms with Crippen molar-refractivity contribution in [2.75, 3.05) is 13.1 Å². The molecule has 1 aliphatic heterocycles. The van der Waals surface area contributed by atoms with Crippen molar-refractivity contribution in [2.45, 2.75) is 32.9 Å². The largest absolute Gasteiger partial charge is 0.459 e. The van der Waals surface area contributed by atoms with Crippen LogP contribution in [0.2, 0.25) is 0 Å². The second-order valence-corrected chi connectivity index (χ2v) is 5.50. The summed E-state index contributed by atoms with van der Waals surface area (Å²) in [5.41, 5.74) is 8.05. The van der Waals surface area contributed by atoms with Gasteiger partial charge in [0.1, 0.15) is 11.3 Å². The van der Waals surface area contributed by atoms with Gasteiger partial charge in [0.15, 0.2) is 0 Å². The number of fused-ring (bicyclic) bond motifs is 1. The van der Waals surface area contributed by atoms with E-state index in [1.807, 2.05) is 18.2 Å². The number of rotatable bonds is 4. The Hall–Kier alpha value is -1.32. The van der Waals surface area contributed by atoms with Gasteiger partial charge in [-0.25, -0.2) is 0 Å². The maximum Gasteiger partial charge on any atom is 0.134 e. The zero-order valence-electron chi connectivity index (χ0n) is 11.6. The van der Waals surface area contributed by atoms with Gasteiger partial charge >= 0.3 is 0 Å². The number of para-hydroxylation sites is 1. The molecule has 2 aromatic rings. The van der Waals surface area contributed by atoms with Gasteiger partial charge in [0.25, 0.3) is 0 Å². The van der Waals surface area contributed by atoms with Gasteiger partial charge in [0.2, 0.25) is 0 Å². The minimum absolute atomic E-state index is 0.553. The van der Waals surface area contributed by atoms with Crippen molar-refractivity contribution in [1.82, 2.24) is 4.90 Å². The summed E-state index contributed by atoms with van der Waals surface area (Å²) in [6.07, 6.45) is 2.59. The lowest BCUT2D eigenvalue weighted by atomic mass is 10.1. The highest BCUT2D eigenvalue weighted by Crippen LogP contribution is 2.28. The minimum atomic E-state index is 0.553. The smallest absolute Gasteiger partial charge is 0.134 e. The first kappa shape index (κ1) is 12.7. The fraction of sp³-hybridized carbons (Fsp3) is 0.500. The Balaban J connectivity index is 1.84. The molecule has 3 rings (SSSR count). The number of nitrogens with zero attached hydrogens (tertiary/aromatic N) is 1. The van der Waals surface area contributed by atoms with Gasteiger partial charge in [-0.2, -0.15) is 0 Å². The van der Waals surface area contributed by atoms with Gasteiger partial charge in [-0.3, -0.25) is 4.90 Å². The third-order valence-electron chi connectivity index (χ3n) is 4.30. The van der Waals surface area contributed by atoms with Crippen LogP contribution in [-0.2, 0) is 13.1 Å². The lowest BCUT2D eigenvalue weighted by Gasteiger charge is -2.14. The van der Waals surface area contributed by atoms with Crippen LogP contribution in [0.15, 0.2) is 28.7 Å². The van der Waals surface area contributed by atoms with E-state index in [-0.39, 0.29) is 0 Å². The summed E-state index contributed by atoms with van der Waals surface area (Å²) in [6, 6.07) is 8.18. The van der Waals surface area contributed by atoms with E-state index in [4.69, 9.17) is 10.2 Å². The van der Waals surface area contributed by atoms with Gasteiger partial charge < -0.3 is 10.2 Å². The lowest BCUT2D eigenvalue weighted by molar-refractivity contribution is 0.288. The van der Waals surface area contributed by atoms with Crippen LogP contribution in [0.3, 0.4) is 0 Å². The summed E-state index contributed by atoms with van der Waals surface area (Å²) < 4.78 is 6.00. The molecule has 2 heterocycles. The van der Waals surface area contributed by atoms with Crippen LogP contribution in [0.4, 0.5) is 0 Å². The van der Waals surface area contributed by atoms with Crippen LogP contribution in [0.5, 0.6) is 0 Å². The SMILES string of the molecule is CCC1CCN(Cc2oc3ccccc3c2CN)C1. The number of benzene rings is 1. The van der Waals surface area contributed by atoms with Crippen LogP contribution in [0.25, 0.3) is 11.0 Å². The maximum absolute atomic E-state index is 6.00. The first-order chi connectivity index (χ1) is 9.31. The number of nitrogens with two attached hydrogens (primary N) is 1. The predicted octanol–water partition coefficient (Wildman–Crippen LogP) is 3.12. The molecule has 0 amide bonds. The second kappa shape index (κ2) is 5.35. The molecule has 1 atom stereocenters. The van der Waals surface area contributed by atoms with Crippen molar-refractivity contribution in [3.63, 3.8) is 0 Å². The summed E-state index contributed by atoms with van der Waals surface area (Å²) in [6.45, 7) is 6.10. The zero-order chi connectivity index (χ0) is 13.2. The molecule has 0 spiro atoms. The van der Waals surface area contributed by atoms with Gasteiger partial charge in [-0.1, -0.05) is 31.5 Å². The molecular formula is C16H22N2O. The average molecular weight is 258 g/mol. The van der Waals surface area contributed by atoms with Crippen LogP contribution in [0, 0.1) is 5.92 Å². The molecule has 3 heteroatoms. The third-order valence-corrected chi connectivity index (χ3v) is 4.30. The van der Waals surface area contributed by atoms with E-state index in [2.05, 4.69) is 17.9 Å². The molecule has 0 saturated carbocycles. The molecule has 0 aliphatic carbocycles. The zero-order valence-corrected chi connectivity index (χ0v) is 11.6. The van der Waals surface area contributed by atoms with Crippen molar-refractivity contribution < 1.29 is 4.42 Å². The normalized spacial score (nSPS) is 20.4. The number of hydrogen-bond acceptors (Lipinski definition) is 3.